The molecule has 3 aromatic carbocycles. The van der Waals surface area contributed by atoms with Gasteiger partial charge in [-0.2, -0.15) is 0 Å². The van der Waals surface area contributed by atoms with E-state index in [1.165, 1.54) is 13.2 Å². The zero-order chi connectivity index (χ0) is 26.6. The number of carbonyl (C=O) groups excluding carboxylic acids is 1. The minimum absolute atomic E-state index is 0.241. The van der Waals surface area contributed by atoms with Crippen LogP contribution in [-0.4, -0.2) is 29.6 Å². The van der Waals surface area contributed by atoms with E-state index in [0.29, 0.717) is 23.6 Å². The maximum absolute atomic E-state index is 14.0. The van der Waals surface area contributed by atoms with Crippen LogP contribution in [0.3, 0.4) is 0 Å². The number of nitrogens with zero attached hydrogens (tertiary/aromatic N) is 2. The summed E-state index contributed by atoms with van der Waals surface area (Å²) < 4.78 is 25.9. The molecule has 0 bridgehead atoms. The first-order chi connectivity index (χ1) is 18.4. The highest BCUT2D eigenvalue weighted by molar-refractivity contribution is 7.16. The molecule has 0 saturated heterocycles. The summed E-state index contributed by atoms with van der Waals surface area (Å²) in [5.74, 6) is 0.126. The van der Waals surface area contributed by atoms with Crippen molar-refractivity contribution in [1.29, 1.82) is 0 Å². The molecule has 0 fully saturated rings. The van der Waals surface area contributed by atoms with E-state index in [2.05, 4.69) is 16.4 Å². The number of methoxy groups -OCH3 is 1. The van der Waals surface area contributed by atoms with Gasteiger partial charge in [-0.3, -0.25) is 9.78 Å². The SMILES string of the molecule is COc1ccc(CNc2cnc(-c3ccc(F)c(C)c3)c(-c3ccc4ncsc4c3)c2)cc1OCC(N)=O. The summed E-state index contributed by atoms with van der Waals surface area (Å²) >= 11 is 1.58. The molecular weight excluding hydrogens is 503 g/mol. The third kappa shape index (κ3) is 5.42. The maximum atomic E-state index is 14.0. The van der Waals surface area contributed by atoms with Crippen LogP contribution in [0.5, 0.6) is 11.5 Å². The average Bonchev–Trinajstić information content (AvgIpc) is 3.40. The van der Waals surface area contributed by atoms with Crippen LogP contribution in [0, 0.1) is 12.7 Å². The van der Waals surface area contributed by atoms with Gasteiger partial charge in [-0.25, -0.2) is 9.37 Å². The monoisotopic (exact) mass is 528 g/mol. The number of carbonyl (C=O) groups is 1. The Kier molecular flexibility index (Phi) is 7.19. The summed E-state index contributed by atoms with van der Waals surface area (Å²) in [6.45, 7) is 1.98. The quantitative estimate of drug-likeness (QED) is 0.245. The van der Waals surface area contributed by atoms with Crippen LogP contribution < -0.4 is 20.5 Å². The van der Waals surface area contributed by atoms with Gasteiger partial charge in [-0.1, -0.05) is 12.1 Å². The van der Waals surface area contributed by atoms with E-state index >= 15 is 0 Å². The van der Waals surface area contributed by atoms with Crippen molar-refractivity contribution in [2.24, 2.45) is 5.73 Å². The van der Waals surface area contributed by atoms with Gasteiger partial charge in [-0.15, -0.1) is 11.3 Å². The van der Waals surface area contributed by atoms with Crippen LogP contribution in [-0.2, 0) is 11.3 Å². The summed E-state index contributed by atoms with van der Waals surface area (Å²) in [5.41, 5.74) is 13.8. The first-order valence-corrected chi connectivity index (χ1v) is 12.7. The fourth-order valence-electron chi connectivity index (χ4n) is 4.12. The molecule has 0 spiro atoms. The van der Waals surface area contributed by atoms with Gasteiger partial charge in [0.1, 0.15) is 5.82 Å². The number of ether oxygens (including phenoxy) is 2. The second kappa shape index (κ2) is 10.9. The van der Waals surface area contributed by atoms with Gasteiger partial charge >= 0.3 is 0 Å². The van der Waals surface area contributed by atoms with Crippen LogP contribution in [0.25, 0.3) is 32.6 Å². The Bertz CT molecular complexity index is 1640. The Morgan fingerprint density at radius 3 is 2.66 bits per heavy atom. The molecule has 0 aliphatic rings. The first kappa shape index (κ1) is 25.2. The van der Waals surface area contributed by atoms with Crippen LogP contribution in [0.4, 0.5) is 10.1 Å². The molecule has 0 atom stereocenters. The summed E-state index contributed by atoms with van der Waals surface area (Å²) in [6.07, 6.45) is 1.76. The summed E-state index contributed by atoms with van der Waals surface area (Å²) in [4.78, 5) is 20.3. The zero-order valence-electron chi connectivity index (χ0n) is 20.8. The van der Waals surface area contributed by atoms with Gasteiger partial charge in [0, 0.05) is 17.7 Å². The number of aryl methyl sites for hydroxylation is 1. The highest BCUT2D eigenvalue weighted by atomic mass is 32.1. The number of nitrogens with two attached hydrogens (primary N) is 1. The lowest BCUT2D eigenvalue weighted by molar-refractivity contribution is -0.119. The Morgan fingerprint density at radius 2 is 1.87 bits per heavy atom. The normalized spacial score (nSPS) is 10.9. The van der Waals surface area contributed by atoms with Gasteiger partial charge in [0.05, 0.1) is 40.4 Å². The van der Waals surface area contributed by atoms with E-state index in [4.69, 9.17) is 20.2 Å². The lowest BCUT2D eigenvalue weighted by Gasteiger charge is -2.15. The summed E-state index contributed by atoms with van der Waals surface area (Å²) in [6, 6.07) is 18.7. The molecule has 5 rings (SSSR count). The van der Waals surface area contributed by atoms with Crippen molar-refractivity contribution in [2.75, 3.05) is 19.0 Å². The largest absolute Gasteiger partial charge is 0.493 e. The minimum atomic E-state index is -0.567. The molecule has 3 N–H and O–H groups in total. The van der Waals surface area contributed by atoms with Crippen LogP contribution >= 0.6 is 11.3 Å². The molecular formula is C29H25FN4O3S. The third-order valence-electron chi connectivity index (χ3n) is 6.06. The Hall–Kier alpha value is -4.50. The molecule has 192 valence electrons. The van der Waals surface area contributed by atoms with E-state index < -0.39 is 5.91 Å². The first-order valence-electron chi connectivity index (χ1n) is 11.8. The van der Waals surface area contributed by atoms with Gasteiger partial charge in [-0.05, 0) is 72.1 Å². The lowest BCUT2D eigenvalue weighted by atomic mass is 9.97. The van der Waals surface area contributed by atoms with E-state index in [-0.39, 0.29) is 12.4 Å². The van der Waals surface area contributed by atoms with Crippen LogP contribution in [0.1, 0.15) is 11.1 Å². The number of pyridine rings is 1. The van der Waals surface area contributed by atoms with E-state index in [1.807, 2.05) is 35.8 Å². The second-order valence-electron chi connectivity index (χ2n) is 8.71. The summed E-state index contributed by atoms with van der Waals surface area (Å²) in [5, 5.41) is 3.41. The number of amides is 1. The molecule has 1 amide bonds. The minimum Gasteiger partial charge on any atom is -0.493 e. The maximum Gasteiger partial charge on any atom is 0.255 e. The molecule has 38 heavy (non-hydrogen) atoms. The number of primary amides is 1. The number of nitrogens with one attached hydrogen (secondary N) is 1. The van der Waals surface area contributed by atoms with E-state index in [0.717, 1.165) is 43.9 Å². The van der Waals surface area contributed by atoms with E-state index in [9.17, 15) is 9.18 Å². The Morgan fingerprint density at radius 1 is 1.03 bits per heavy atom. The van der Waals surface area contributed by atoms with Gasteiger partial charge in [0.2, 0.25) is 0 Å². The zero-order valence-corrected chi connectivity index (χ0v) is 21.6. The number of benzene rings is 3. The number of halogens is 1. The molecule has 9 heteroatoms. The fourth-order valence-corrected chi connectivity index (χ4v) is 4.84. The van der Waals surface area contributed by atoms with Crippen molar-refractivity contribution in [3.8, 4) is 33.9 Å². The number of anilines is 1. The van der Waals surface area contributed by atoms with Crippen molar-refractivity contribution in [1.82, 2.24) is 9.97 Å². The molecule has 0 saturated carbocycles. The number of aromatic nitrogens is 2. The standard InChI is InChI=1S/C29H25FN4O3S/c1-17-9-20(4-6-23(17)30)29-22(19-5-7-24-27(11-19)38-16-34-24)12-21(14-33-29)32-13-18-3-8-25(36-2)26(10-18)37-15-28(31)35/h3-12,14,16,32H,13,15H2,1-2H3,(H2,31,35). The molecule has 5 aromatic rings. The molecule has 0 aliphatic heterocycles. The van der Waals surface area contributed by atoms with Crippen molar-refractivity contribution in [2.45, 2.75) is 13.5 Å². The fraction of sp³-hybridized carbons (Fsp3) is 0.138. The second-order valence-corrected chi connectivity index (χ2v) is 9.60. The molecule has 0 aliphatic carbocycles. The third-order valence-corrected chi connectivity index (χ3v) is 6.85. The predicted molar refractivity (Wildman–Crippen MR) is 148 cm³/mol. The molecule has 2 aromatic heterocycles. The van der Waals surface area contributed by atoms with Crippen molar-refractivity contribution >= 4 is 33.1 Å². The highest BCUT2D eigenvalue weighted by Crippen LogP contribution is 2.35. The van der Waals surface area contributed by atoms with Gasteiger partial charge in [0.15, 0.2) is 18.1 Å². The number of fused-ring (bicyclic) bond motifs is 1. The number of hydrogen-bond donors (Lipinski definition) is 2. The Labute approximate surface area is 223 Å². The summed E-state index contributed by atoms with van der Waals surface area (Å²) in [7, 11) is 1.53. The molecule has 2 heterocycles. The number of thiazole rings is 1. The van der Waals surface area contributed by atoms with Gasteiger partial charge < -0.3 is 20.5 Å². The lowest BCUT2D eigenvalue weighted by Crippen LogP contribution is -2.20. The molecule has 7 nitrogen and oxygen atoms in total. The number of rotatable bonds is 9. The highest BCUT2D eigenvalue weighted by Gasteiger charge is 2.14. The smallest absolute Gasteiger partial charge is 0.255 e. The van der Waals surface area contributed by atoms with Crippen LogP contribution in [0.15, 0.2) is 72.4 Å². The molecule has 0 unspecified atom stereocenters. The van der Waals surface area contributed by atoms with Crippen molar-refractivity contribution in [3.63, 3.8) is 0 Å². The predicted octanol–water partition coefficient (Wildman–Crippen LogP) is 5.96. The van der Waals surface area contributed by atoms with Crippen LogP contribution in [0.2, 0.25) is 0 Å². The Balaban J connectivity index is 1.48. The average molecular weight is 529 g/mol. The number of hydrogen-bond acceptors (Lipinski definition) is 7. The van der Waals surface area contributed by atoms with Crippen molar-refractivity contribution in [3.05, 3.63) is 89.3 Å². The molecule has 0 radical (unpaired) electrons. The van der Waals surface area contributed by atoms with Crippen molar-refractivity contribution < 1.29 is 18.7 Å². The van der Waals surface area contributed by atoms with E-state index in [1.54, 1.807) is 42.7 Å². The van der Waals surface area contributed by atoms with Gasteiger partial charge in [0.25, 0.3) is 5.91 Å². The topological polar surface area (TPSA) is 99.4 Å².